The highest BCUT2D eigenvalue weighted by atomic mass is 16.3. The zero-order valence-electron chi connectivity index (χ0n) is 13.1. The van der Waals surface area contributed by atoms with Gasteiger partial charge >= 0.3 is 0 Å². The lowest BCUT2D eigenvalue weighted by molar-refractivity contribution is 0.177. The number of nitrogens with zero attached hydrogens (tertiary/aromatic N) is 1. The second-order valence-corrected chi connectivity index (χ2v) is 5.67. The highest BCUT2D eigenvalue weighted by Crippen LogP contribution is 2.09. The molecule has 3 rings (SSSR count). The molecule has 0 aromatic heterocycles. The molecule has 118 valence electrons. The Morgan fingerprint density at radius 3 is 2.00 bits per heavy atom. The monoisotopic (exact) mass is 298 g/mol. The summed E-state index contributed by atoms with van der Waals surface area (Å²) in [5.41, 5.74) is 7.92. The number of hydrogen-bond donors (Lipinski definition) is 2. The van der Waals surface area contributed by atoms with Gasteiger partial charge in [0.1, 0.15) is 0 Å². The average Bonchev–Trinajstić information content (AvgIpc) is 3.01. The van der Waals surface area contributed by atoms with E-state index >= 15 is 0 Å². The average molecular weight is 298 g/mol. The first-order valence-electron chi connectivity index (χ1n) is 7.96. The van der Waals surface area contributed by atoms with Crippen molar-refractivity contribution in [2.75, 3.05) is 19.6 Å². The lowest BCUT2D eigenvalue weighted by Crippen LogP contribution is -2.24. The van der Waals surface area contributed by atoms with Gasteiger partial charge < -0.3 is 15.7 Å². The topological polar surface area (TPSA) is 49.5 Å². The largest absolute Gasteiger partial charge is 0.392 e. The molecule has 0 spiro atoms. The molecular formula is C19H26N2O. The molecule has 1 atom stereocenters. The van der Waals surface area contributed by atoms with Crippen LogP contribution in [0.2, 0.25) is 0 Å². The van der Waals surface area contributed by atoms with E-state index in [1.807, 2.05) is 36.4 Å². The Morgan fingerprint density at radius 2 is 1.55 bits per heavy atom. The number of rotatable bonds is 4. The van der Waals surface area contributed by atoms with Gasteiger partial charge in [-0.15, -0.1) is 0 Å². The minimum atomic E-state index is -0.0919. The van der Waals surface area contributed by atoms with Crippen LogP contribution in [0.25, 0.3) is 0 Å². The van der Waals surface area contributed by atoms with E-state index in [4.69, 9.17) is 5.73 Å². The van der Waals surface area contributed by atoms with Crippen LogP contribution in [0.3, 0.4) is 0 Å². The third kappa shape index (κ3) is 5.98. The van der Waals surface area contributed by atoms with E-state index in [1.54, 1.807) is 0 Å². The summed E-state index contributed by atoms with van der Waals surface area (Å²) >= 11 is 0. The molecule has 0 saturated carbocycles. The first-order chi connectivity index (χ1) is 10.8. The van der Waals surface area contributed by atoms with Crippen LogP contribution < -0.4 is 5.73 Å². The van der Waals surface area contributed by atoms with Gasteiger partial charge in [0, 0.05) is 26.2 Å². The molecule has 2 aromatic rings. The van der Waals surface area contributed by atoms with Gasteiger partial charge in [-0.2, -0.15) is 0 Å². The quantitative estimate of drug-likeness (QED) is 0.911. The van der Waals surface area contributed by atoms with Crippen molar-refractivity contribution in [1.82, 2.24) is 4.90 Å². The highest BCUT2D eigenvalue weighted by molar-refractivity contribution is 5.15. The number of β-amino-alcohol motifs (C(OH)–C–C–N with tert-alkyl or cyclic N) is 1. The molecule has 3 heteroatoms. The van der Waals surface area contributed by atoms with Crippen LogP contribution in [-0.2, 0) is 13.0 Å². The summed E-state index contributed by atoms with van der Waals surface area (Å²) in [4.78, 5) is 2.33. The maximum atomic E-state index is 9.36. The van der Waals surface area contributed by atoms with Gasteiger partial charge in [0.05, 0.1) is 6.10 Å². The lowest BCUT2D eigenvalue weighted by Gasteiger charge is -2.14. The Morgan fingerprint density at radius 1 is 0.955 bits per heavy atom. The molecule has 3 nitrogen and oxygen atoms in total. The van der Waals surface area contributed by atoms with Crippen LogP contribution in [0, 0.1) is 0 Å². The molecule has 1 aliphatic heterocycles. The van der Waals surface area contributed by atoms with Gasteiger partial charge in [-0.05, 0) is 24.0 Å². The summed E-state index contributed by atoms with van der Waals surface area (Å²) in [7, 11) is 0. The predicted molar refractivity (Wildman–Crippen MR) is 91.5 cm³/mol. The fourth-order valence-electron chi connectivity index (χ4n) is 2.56. The summed E-state index contributed by atoms with van der Waals surface area (Å²) < 4.78 is 0. The zero-order chi connectivity index (χ0) is 15.6. The van der Waals surface area contributed by atoms with Crippen molar-refractivity contribution in [2.45, 2.75) is 25.5 Å². The number of likely N-dealkylation sites (tertiary alicyclic amines) is 1. The van der Waals surface area contributed by atoms with Crippen molar-refractivity contribution in [3.63, 3.8) is 0 Å². The fraction of sp³-hybridized carbons (Fsp3) is 0.368. The van der Waals surface area contributed by atoms with E-state index in [-0.39, 0.29) is 6.10 Å². The Kier molecular flexibility index (Phi) is 7.10. The van der Waals surface area contributed by atoms with Crippen LogP contribution in [0.4, 0.5) is 0 Å². The molecule has 2 aromatic carbocycles. The molecule has 1 aliphatic rings. The van der Waals surface area contributed by atoms with Crippen LogP contribution >= 0.6 is 0 Å². The van der Waals surface area contributed by atoms with Gasteiger partial charge in [0.2, 0.25) is 0 Å². The number of aliphatic hydroxyl groups excluding tert-OH is 1. The Balaban J connectivity index is 0.000000188. The Labute approximate surface area is 133 Å². The zero-order valence-corrected chi connectivity index (χ0v) is 13.1. The van der Waals surface area contributed by atoms with Crippen molar-refractivity contribution in [1.29, 1.82) is 0 Å². The van der Waals surface area contributed by atoms with Crippen molar-refractivity contribution < 1.29 is 5.11 Å². The fourth-order valence-corrected chi connectivity index (χ4v) is 2.56. The van der Waals surface area contributed by atoms with E-state index in [1.165, 1.54) is 11.1 Å². The summed E-state index contributed by atoms with van der Waals surface area (Å²) in [6.07, 6.45) is 1.94. The minimum absolute atomic E-state index is 0.0919. The standard InChI is InChI=1S/C12H17NO.C7H9N/c14-12-7-9-13(10-12)8-6-11-4-2-1-3-5-11;8-6-7-4-2-1-3-5-7/h1-5,12,14H,6-10H2;1-5H,6,8H2. The summed E-state index contributed by atoms with van der Waals surface area (Å²) in [5.74, 6) is 0. The minimum Gasteiger partial charge on any atom is -0.392 e. The molecule has 22 heavy (non-hydrogen) atoms. The Hall–Kier alpha value is -1.68. The second kappa shape index (κ2) is 9.36. The van der Waals surface area contributed by atoms with Gasteiger partial charge in [-0.3, -0.25) is 0 Å². The first kappa shape index (κ1) is 16.7. The van der Waals surface area contributed by atoms with Crippen molar-refractivity contribution in [3.05, 3.63) is 71.8 Å². The highest BCUT2D eigenvalue weighted by Gasteiger charge is 2.19. The molecular weight excluding hydrogens is 272 g/mol. The maximum Gasteiger partial charge on any atom is 0.0679 e. The number of nitrogens with two attached hydrogens (primary N) is 1. The van der Waals surface area contributed by atoms with E-state index in [0.29, 0.717) is 6.54 Å². The number of aliphatic hydroxyl groups is 1. The van der Waals surface area contributed by atoms with Gasteiger partial charge in [-0.25, -0.2) is 0 Å². The molecule has 0 amide bonds. The van der Waals surface area contributed by atoms with Gasteiger partial charge in [-0.1, -0.05) is 60.7 Å². The first-order valence-corrected chi connectivity index (χ1v) is 7.96. The number of hydrogen-bond acceptors (Lipinski definition) is 3. The second-order valence-electron chi connectivity index (χ2n) is 5.67. The smallest absolute Gasteiger partial charge is 0.0679 e. The van der Waals surface area contributed by atoms with Crippen LogP contribution in [0.15, 0.2) is 60.7 Å². The van der Waals surface area contributed by atoms with Crippen LogP contribution in [0.1, 0.15) is 17.5 Å². The van der Waals surface area contributed by atoms with Crippen LogP contribution in [-0.4, -0.2) is 35.7 Å². The van der Waals surface area contributed by atoms with Crippen LogP contribution in [0.5, 0.6) is 0 Å². The molecule has 0 radical (unpaired) electrons. The summed E-state index contributed by atoms with van der Waals surface area (Å²) in [6.45, 7) is 3.61. The van der Waals surface area contributed by atoms with Crippen molar-refractivity contribution in [2.24, 2.45) is 5.73 Å². The van der Waals surface area contributed by atoms with Gasteiger partial charge in [0.15, 0.2) is 0 Å². The molecule has 1 fully saturated rings. The van der Waals surface area contributed by atoms with Crippen molar-refractivity contribution >= 4 is 0 Å². The molecule has 0 bridgehead atoms. The third-order valence-electron chi connectivity index (χ3n) is 3.89. The SMILES string of the molecule is NCc1ccccc1.OC1CCN(CCc2ccccc2)C1. The van der Waals surface area contributed by atoms with E-state index < -0.39 is 0 Å². The summed E-state index contributed by atoms with van der Waals surface area (Å²) in [5, 5.41) is 9.36. The van der Waals surface area contributed by atoms with Crippen molar-refractivity contribution in [3.8, 4) is 0 Å². The van der Waals surface area contributed by atoms with E-state index in [0.717, 1.165) is 32.5 Å². The van der Waals surface area contributed by atoms with E-state index in [2.05, 4.69) is 29.2 Å². The van der Waals surface area contributed by atoms with Gasteiger partial charge in [0.25, 0.3) is 0 Å². The third-order valence-corrected chi connectivity index (χ3v) is 3.89. The predicted octanol–water partition coefficient (Wildman–Crippen LogP) is 2.44. The maximum absolute atomic E-state index is 9.36. The molecule has 3 N–H and O–H groups in total. The number of benzene rings is 2. The molecule has 1 heterocycles. The molecule has 1 saturated heterocycles. The molecule has 1 unspecified atom stereocenters. The molecule has 0 aliphatic carbocycles. The Bertz CT molecular complexity index is 515. The van der Waals surface area contributed by atoms with E-state index in [9.17, 15) is 5.11 Å². The normalized spacial score (nSPS) is 17.8. The lowest BCUT2D eigenvalue weighted by atomic mass is 10.1. The summed E-state index contributed by atoms with van der Waals surface area (Å²) in [6, 6.07) is 20.5.